The zero-order chi connectivity index (χ0) is 9.36. The molecular formula is C10H21NOS. The predicted octanol–water partition coefficient (Wildman–Crippen LogP) is 1.76. The predicted molar refractivity (Wildman–Crippen MR) is 59.4 cm³/mol. The lowest BCUT2D eigenvalue weighted by molar-refractivity contribution is 0.185. The first-order chi connectivity index (χ1) is 6.43. The molecule has 1 fully saturated rings. The van der Waals surface area contributed by atoms with Crippen molar-refractivity contribution in [2.75, 3.05) is 38.3 Å². The van der Waals surface area contributed by atoms with Gasteiger partial charge in [-0.05, 0) is 43.7 Å². The number of hydrogen-bond acceptors (Lipinski definition) is 3. The van der Waals surface area contributed by atoms with Crippen LogP contribution in [0.25, 0.3) is 0 Å². The van der Waals surface area contributed by atoms with Gasteiger partial charge in [0.25, 0.3) is 0 Å². The summed E-state index contributed by atoms with van der Waals surface area (Å²) < 4.78 is 5.31. The fraction of sp³-hybridized carbons (Fsp3) is 1.00. The van der Waals surface area contributed by atoms with Crippen LogP contribution in [0.2, 0.25) is 0 Å². The van der Waals surface area contributed by atoms with Gasteiger partial charge in [-0.3, -0.25) is 0 Å². The smallest absolute Gasteiger partial charge is 0.0507 e. The van der Waals surface area contributed by atoms with E-state index in [4.69, 9.17) is 4.74 Å². The van der Waals surface area contributed by atoms with Gasteiger partial charge in [0.2, 0.25) is 0 Å². The van der Waals surface area contributed by atoms with E-state index in [0.29, 0.717) is 0 Å². The van der Waals surface area contributed by atoms with Gasteiger partial charge in [-0.25, -0.2) is 0 Å². The molecule has 0 aromatic carbocycles. The summed E-state index contributed by atoms with van der Waals surface area (Å²) in [5.41, 5.74) is 0. The molecule has 0 spiro atoms. The SMILES string of the molecule is CSCCCCNCC1CCOC1. The Bertz CT molecular complexity index is 115. The highest BCUT2D eigenvalue weighted by Gasteiger charge is 2.14. The lowest BCUT2D eigenvalue weighted by Crippen LogP contribution is -2.24. The van der Waals surface area contributed by atoms with E-state index in [1.807, 2.05) is 11.8 Å². The summed E-state index contributed by atoms with van der Waals surface area (Å²) in [7, 11) is 0. The van der Waals surface area contributed by atoms with Gasteiger partial charge in [-0.15, -0.1) is 0 Å². The normalized spacial score (nSPS) is 22.4. The Kier molecular flexibility index (Phi) is 6.68. The summed E-state index contributed by atoms with van der Waals surface area (Å²) >= 11 is 1.94. The summed E-state index contributed by atoms with van der Waals surface area (Å²) in [6, 6.07) is 0. The molecule has 1 saturated heterocycles. The topological polar surface area (TPSA) is 21.3 Å². The molecule has 1 aliphatic heterocycles. The maximum absolute atomic E-state index is 5.31. The molecule has 2 nitrogen and oxygen atoms in total. The fourth-order valence-corrected chi connectivity index (χ4v) is 2.04. The van der Waals surface area contributed by atoms with Crippen molar-refractivity contribution >= 4 is 11.8 Å². The highest BCUT2D eigenvalue weighted by atomic mass is 32.2. The molecule has 0 aliphatic carbocycles. The molecule has 13 heavy (non-hydrogen) atoms. The highest BCUT2D eigenvalue weighted by molar-refractivity contribution is 7.98. The molecule has 0 aromatic heterocycles. The molecule has 1 atom stereocenters. The molecule has 1 heterocycles. The molecule has 0 saturated carbocycles. The zero-order valence-corrected chi connectivity index (χ0v) is 9.37. The van der Waals surface area contributed by atoms with Gasteiger partial charge in [-0.2, -0.15) is 11.8 Å². The average Bonchev–Trinajstić information content (AvgIpc) is 2.63. The van der Waals surface area contributed by atoms with Crippen molar-refractivity contribution < 1.29 is 4.74 Å². The number of nitrogens with one attached hydrogen (secondary N) is 1. The number of hydrogen-bond donors (Lipinski definition) is 1. The second kappa shape index (κ2) is 7.65. The molecule has 0 aromatic rings. The third-order valence-corrected chi connectivity index (χ3v) is 3.11. The molecule has 0 bridgehead atoms. The molecule has 0 radical (unpaired) electrons. The molecular weight excluding hydrogens is 182 g/mol. The van der Waals surface area contributed by atoms with Crippen molar-refractivity contribution in [2.45, 2.75) is 19.3 Å². The standard InChI is InChI=1S/C10H21NOS/c1-13-7-3-2-5-11-8-10-4-6-12-9-10/h10-11H,2-9H2,1H3. The van der Waals surface area contributed by atoms with Gasteiger partial charge in [0.15, 0.2) is 0 Å². The fourth-order valence-electron chi connectivity index (χ4n) is 1.55. The number of thioether (sulfide) groups is 1. The first kappa shape index (κ1) is 11.3. The van der Waals surface area contributed by atoms with Gasteiger partial charge in [-0.1, -0.05) is 0 Å². The van der Waals surface area contributed by atoms with E-state index < -0.39 is 0 Å². The van der Waals surface area contributed by atoms with Crippen LogP contribution in [-0.2, 0) is 4.74 Å². The molecule has 0 amide bonds. The lowest BCUT2D eigenvalue weighted by atomic mass is 10.1. The van der Waals surface area contributed by atoms with E-state index in [2.05, 4.69) is 11.6 Å². The molecule has 1 unspecified atom stereocenters. The van der Waals surface area contributed by atoms with Crippen LogP contribution in [0, 0.1) is 5.92 Å². The van der Waals surface area contributed by atoms with Crippen LogP contribution in [0.15, 0.2) is 0 Å². The second-order valence-corrected chi connectivity index (χ2v) is 4.62. The van der Waals surface area contributed by atoms with Crippen molar-refractivity contribution in [3.63, 3.8) is 0 Å². The maximum atomic E-state index is 5.31. The van der Waals surface area contributed by atoms with Crippen LogP contribution in [0.5, 0.6) is 0 Å². The Balaban J connectivity index is 1.78. The van der Waals surface area contributed by atoms with Crippen LogP contribution in [0.3, 0.4) is 0 Å². The van der Waals surface area contributed by atoms with Crippen molar-refractivity contribution in [3.05, 3.63) is 0 Å². The van der Waals surface area contributed by atoms with E-state index in [1.54, 1.807) is 0 Å². The monoisotopic (exact) mass is 203 g/mol. The minimum Gasteiger partial charge on any atom is -0.381 e. The molecule has 1 rings (SSSR count). The van der Waals surface area contributed by atoms with Crippen LogP contribution >= 0.6 is 11.8 Å². The Labute approximate surface area is 85.8 Å². The number of ether oxygens (including phenoxy) is 1. The average molecular weight is 203 g/mol. The first-order valence-electron chi connectivity index (χ1n) is 5.21. The largest absolute Gasteiger partial charge is 0.381 e. The quantitative estimate of drug-likeness (QED) is 0.637. The third-order valence-electron chi connectivity index (χ3n) is 2.41. The summed E-state index contributed by atoms with van der Waals surface area (Å²) in [4.78, 5) is 0. The summed E-state index contributed by atoms with van der Waals surface area (Å²) in [5.74, 6) is 2.08. The van der Waals surface area contributed by atoms with E-state index in [9.17, 15) is 0 Å². The van der Waals surface area contributed by atoms with E-state index in [-0.39, 0.29) is 0 Å². The molecule has 78 valence electrons. The Morgan fingerprint density at radius 1 is 1.46 bits per heavy atom. The van der Waals surface area contributed by atoms with Gasteiger partial charge in [0.05, 0.1) is 6.61 Å². The van der Waals surface area contributed by atoms with Crippen molar-refractivity contribution in [3.8, 4) is 0 Å². The van der Waals surface area contributed by atoms with Crippen LogP contribution in [-0.4, -0.2) is 38.3 Å². The lowest BCUT2D eigenvalue weighted by Gasteiger charge is -2.08. The molecule has 3 heteroatoms. The second-order valence-electron chi connectivity index (χ2n) is 3.63. The van der Waals surface area contributed by atoms with Gasteiger partial charge in [0.1, 0.15) is 0 Å². The third kappa shape index (κ3) is 5.55. The van der Waals surface area contributed by atoms with E-state index in [0.717, 1.165) is 25.7 Å². The van der Waals surface area contributed by atoms with Crippen molar-refractivity contribution in [1.82, 2.24) is 5.32 Å². The first-order valence-corrected chi connectivity index (χ1v) is 6.60. The highest BCUT2D eigenvalue weighted by Crippen LogP contribution is 2.10. The van der Waals surface area contributed by atoms with E-state index >= 15 is 0 Å². The summed E-state index contributed by atoms with van der Waals surface area (Å²) in [5, 5.41) is 3.50. The Morgan fingerprint density at radius 2 is 2.38 bits per heavy atom. The Morgan fingerprint density at radius 3 is 3.08 bits per heavy atom. The van der Waals surface area contributed by atoms with Crippen LogP contribution in [0.1, 0.15) is 19.3 Å². The minimum atomic E-state index is 0.778. The molecule has 1 N–H and O–H groups in total. The van der Waals surface area contributed by atoms with Gasteiger partial charge < -0.3 is 10.1 Å². The number of rotatable bonds is 7. The van der Waals surface area contributed by atoms with Crippen LogP contribution in [0.4, 0.5) is 0 Å². The van der Waals surface area contributed by atoms with Gasteiger partial charge in [0, 0.05) is 13.2 Å². The minimum absolute atomic E-state index is 0.778. The van der Waals surface area contributed by atoms with Crippen molar-refractivity contribution in [1.29, 1.82) is 0 Å². The summed E-state index contributed by atoms with van der Waals surface area (Å²) in [6.07, 6.45) is 6.07. The Hall–Kier alpha value is 0.270. The maximum Gasteiger partial charge on any atom is 0.0507 e. The zero-order valence-electron chi connectivity index (χ0n) is 8.55. The van der Waals surface area contributed by atoms with Crippen molar-refractivity contribution in [2.24, 2.45) is 5.92 Å². The van der Waals surface area contributed by atoms with Gasteiger partial charge >= 0.3 is 0 Å². The molecule has 1 aliphatic rings. The summed E-state index contributed by atoms with van der Waals surface area (Å²) in [6.45, 7) is 4.27. The number of unbranched alkanes of at least 4 members (excludes halogenated alkanes) is 1. The van der Waals surface area contributed by atoms with E-state index in [1.165, 1.54) is 31.6 Å². The van der Waals surface area contributed by atoms with Crippen LogP contribution < -0.4 is 5.32 Å².